The van der Waals surface area contributed by atoms with Gasteiger partial charge in [-0.15, -0.1) is 0 Å². The number of benzene rings is 2. The molecule has 174 valence electrons. The molecule has 2 aromatic rings. The van der Waals surface area contributed by atoms with Crippen molar-refractivity contribution in [2.45, 2.75) is 38.6 Å². The van der Waals surface area contributed by atoms with Gasteiger partial charge in [0.15, 0.2) is 0 Å². The number of anilines is 1. The molecule has 0 unspecified atom stereocenters. The molecule has 5 nitrogen and oxygen atoms in total. The van der Waals surface area contributed by atoms with Crippen molar-refractivity contribution < 1.29 is 9.18 Å². The Kier molecular flexibility index (Phi) is 7.96. The molecule has 33 heavy (non-hydrogen) atoms. The number of carbonyl (C=O) groups excluding carboxylic acids is 1. The lowest BCUT2D eigenvalue weighted by molar-refractivity contribution is -0.125. The van der Waals surface area contributed by atoms with Gasteiger partial charge in [-0.05, 0) is 74.9 Å². The first-order valence-electron chi connectivity index (χ1n) is 12.1. The van der Waals surface area contributed by atoms with Gasteiger partial charge in [0.05, 0.1) is 5.56 Å². The fraction of sp³-hybridized carbons (Fsp3) is 0.481. The molecule has 2 aromatic carbocycles. The highest BCUT2D eigenvalue weighted by Crippen LogP contribution is 2.26. The number of rotatable bonds is 7. The van der Waals surface area contributed by atoms with Crippen molar-refractivity contribution in [1.82, 2.24) is 10.2 Å². The molecule has 2 aliphatic heterocycles. The van der Waals surface area contributed by atoms with Crippen LogP contribution in [0.25, 0.3) is 0 Å². The molecule has 0 bridgehead atoms. The van der Waals surface area contributed by atoms with Crippen LogP contribution < -0.4 is 10.2 Å². The molecule has 2 saturated heterocycles. The van der Waals surface area contributed by atoms with Crippen molar-refractivity contribution in [2.24, 2.45) is 11.8 Å². The van der Waals surface area contributed by atoms with Gasteiger partial charge in [-0.25, -0.2) is 4.39 Å². The van der Waals surface area contributed by atoms with Crippen LogP contribution in [0.5, 0.6) is 0 Å². The predicted molar refractivity (Wildman–Crippen MR) is 128 cm³/mol. The summed E-state index contributed by atoms with van der Waals surface area (Å²) in [6.07, 6.45) is 5.01. The van der Waals surface area contributed by atoms with Crippen molar-refractivity contribution in [3.8, 4) is 6.07 Å². The van der Waals surface area contributed by atoms with Crippen LogP contribution in [-0.4, -0.2) is 43.5 Å². The molecule has 0 atom stereocenters. The second-order valence-corrected chi connectivity index (χ2v) is 9.32. The maximum atomic E-state index is 13.6. The SMILES string of the molecule is N#Cc1cc(N2CCC(C(=O)NCCC3CCN(Cc4ccccc4)CC3)CC2)ccc1F. The smallest absolute Gasteiger partial charge is 0.223 e. The summed E-state index contributed by atoms with van der Waals surface area (Å²) in [4.78, 5) is 17.3. The third-order valence-electron chi connectivity index (χ3n) is 7.11. The van der Waals surface area contributed by atoms with Gasteiger partial charge in [0.2, 0.25) is 5.91 Å². The number of hydrogen-bond acceptors (Lipinski definition) is 4. The zero-order valence-electron chi connectivity index (χ0n) is 19.2. The molecule has 4 rings (SSSR count). The van der Waals surface area contributed by atoms with E-state index in [4.69, 9.17) is 5.26 Å². The van der Waals surface area contributed by atoms with Gasteiger partial charge < -0.3 is 10.2 Å². The number of piperidine rings is 2. The number of nitrogens with one attached hydrogen (secondary N) is 1. The molecule has 0 aromatic heterocycles. The molecule has 0 spiro atoms. The third kappa shape index (κ3) is 6.33. The topological polar surface area (TPSA) is 59.4 Å². The highest BCUT2D eigenvalue weighted by atomic mass is 19.1. The lowest BCUT2D eigenvalue weighted by Crippen LogP contribution is -2.41. The van der Waals surface area contributed by atoms with E-state index in [1.54, 1.807) is 12.1 Å². The number of carbonyl (C=O) groups is 1. The molecule has 0 saturated carbocycles. The second-order valence-electron chi connectivity index (χ2n) is 9.32. The molecule has 2 fully saturated rings. The van der Waals surface area contributed by atoms with Crippen molar-refractivity contribution in [3.63, 3.8) is 0 Å². The van der Waals surface area contributed by atoms with E-state index in [1.807, 2.05) is 6.07 Å². The van der Waals surface area contributed by atoms with Gasteiger partial charge in [-0.3, -0.25) is 9.69 Å². The molecule has 6 heteroatoms. The number of nitriles is 1. The highest BCUT2D eigenvalue weighted by molar-refractivity contribution is 5.79. The molecule has 0 aliphatic carbocycles. The molecule has 1 N–H and O–H groups in total. The Bertz CT molecular complexity index is 958. The number of nitrogens with zero attached hydrogens (tertiary/aromatic N) is 3. The quantitative estimate of drug-likeness (QED) is 0.685. The summed E-state index contributed by atoms with van der Waals surface area (Å²) in [5, 5.41) is 12.2. The number of halogens is 1. The van der Waals surface area contributed by atoms with Crippen LogP contribution in [0.2, 0.25) is 0 Å². The number of likely N-dealkylation sites (tertiary alicyclic amines) is 1. The zero-order chi connectivity index (χ0) is 23.0. The Morgan fingerprint density at radius 3 is 2.45 bits per heavy atom. The minimum Gasteiger partial charge on any atom is -0.371 e. The van der Waals surface area contributed by atoms with E-state index in [1.165, 1.54) is 24.5 Å². The minimum atomic E-state index is -0.489. The van der Waals surface area contributed by atoms with E-state index in [2.05, 4.69) is 45.4 Å². The van der Waals surface area contributed by atoms with Crippen LogP contribution in [0.1, 0.15) is 43.2 Å². The van der Waals surface area contributed by atoms with E-state index >= 15 is 0 Å². The van der Waals surface area contributed by atoms with Crippen LogP contribution in [0.4, 0.5) is 10.1 Å². The molecular formula is C27H33FN4O. The van der Waals surface area contributed by atoms with Crippen LogP contribution >= 0.6 is 0 Å². The van der Waals surface area contributed by atoms with Crippen molar-refractivity contribution in [3.05, 3.63) is 65.5 Å². The fourth-order valence-electron chi connectivity index (χ4n) is 5.01. The Balaban J connectivity index is 1.13. The summed E-state index contributed by atoms with van der Waals surface area (Å²) in [5.41, 5.74) is 2.29. The number of amides is 1. The Morgan fingerprint density at radius 2 is 1.76 bits per heavy atom. The second kappa shape index (κ2) is 11.3. The molecule has 2 aliphatic rings. The summed E-state index contributed by atoms with van der Waals surface area (Å²) < 4.78 is 13.6. The zero-order valence-corrected chi connectivity index (χ0v) is 19.2. The van der Waals surface area contributed by atoms with Crippen LogP contribution in [0, 0.1) is 29.0 Å². The molecule has 2 heterocycles. The monoisotopic (exact) mass is 448 g/mol. The third-order valence-corrected chi connectivity index (χ3v) is 7.11. The van der Waals surface area contributed by atoms with E-state index in [-0.39, 0.29) is 17.4 Å². The predicted octanol–water partition coefficient (Wildman–Crippen LogP) is 4.33. The summed E-state index contributed by atoms with van der Waals surface area (Å²) >= 11 is 0. The van der Waals surface area contributed by atoms with Crippen LogP contribution in [-0.2, 0) is 11.3 Å². The fourth-order valence-corrected chi connectivity index (χ4v) is 5.01. The minimum absolute atomic E-state index is 0.0323. The Labute approximate surface area is 196 Å². The largest absolute Gasteiger partial charge is 0.371 e. The van der Waals surface area contributed by atoms with Gasteiger partial charge in [0.1, 0.15) is 11.9 Å². The first kappa shape index (κ1) is 23.3. The maximum absolute atomic E-state index is 13.6. The average Bonchev–Trinajstić information content (AvgIpc) is 2.86. The normalized spacial score (nSPS) is 18.1. The first-order valence-corrected chi connectivity index (χ1v) is 12.1. The van der Waals surface area contributed by atoms with E-state index in [0.29, 0.717) is 5.92 Å². The van der Waals surface area contributed by atoms with E-state index in [9.17, 15) is 9.18 Å². The van der Waals surface area contributed by atoms with Crippen LogP contribution in [0.15, 0.2) is 48.5 Å². The van der Waals surface area contributed by atoms with E-state index < -0.39 is 5.82 Å². The Hall–Kier alpha value is -2.91. The lowest BCUT2D eigenvalue weighted by Gasteiger charge is -2.33. The molecule has 0 radical (unpaired) electrons. The van der Waals surface area contributed by atoms with E-state index in [0.717, 1.165) is 64.2 Å². The van der Waals surface area contributed by atoms with Crippen molar-refractivity contribution in [2.75, 3.05) is 37.6 Å². The summed E-state index contributed by atoms with van der Waals surface area (Å²) in [7, 11) is 0. The van der Waals surface area contributed by atoms with Gasteiger partial charge in [0.25, 0.3) is 0 Å². The lowest BCUT2D eigenvalue weighted by atomic mass is 9.92. The van der Waals surface area contributed by atoms with Gasteiger partial charge in [-0.1, -0.05) is 30.3 Å². The van der Waals surface area contributed by atoms with Crippen molar-refractivity contribution in [1.29, 1.82) is 5.26 Å². The summed E-state index contributed by atoms with van der Waals surface area (Å²) in [6, 6.07) is 17.2. The van der Waals surface area contributed by atoms with Gasteiger partial charge >= 0.3 is 0 Å². The summed E-state index contributed by atoms with van der Waals surface area (Å²) in [5.74, 6) is 0.391. The average molecular weight is 449 g/mol. The Morgan fingerprint density at radius 1 is 1.03 bits per heavy atom. The van der Waals surface area contributed by atoms with Crippen molar-refractivity contribution >= 4 is 11.6 Å². The van der Waals surface area contributed by atoms with Gasteiger partial charge in [-0.2, -0.15) is 5.26 Å². The molecular weight excluding hydrogens is 415 g/mol. The number of hydrogen-bond donors (Lipinski definition) is 1. The standard InChI is InChI=1S/C27H33FN4O/c28-26-7-6-25(18-24(26)19-29)32-16-11-23(12-17-32)27(33)30-13-8-21-9-14-31(15-10-21)20-22-4-2-1-3-5-22/h1-7,18,21,23H,8-17,20H2,(H,30,33). The molecule has 1 amide bonds. The van der Waals surface area contributed by atoms with Crippen LogP contribution in [0.3, 0.4) is 0 Å². The maximum Gasteiger partial charge on any atom is 0.223 e. The first-order chi connectivity index (χ1) is 16.1. The van der Waals surface area contributed by atoms with Gasteiger partial charge in [0, 0.05) is 37.8 Å². The summed E-state index contributed by atoms with van der Waals surface area (Å²) in [6.45, 7) is 5.53. The highest BCUT2D eigenvalue weighted by Gasteiger charge is 2.26.